The molecule has 3 aromatic rings. The Balaban J connectivity index is 1.58. The first-order chi connectivity index (χ1) is 13.5. The summed E-state index contributed by atoms with van der Waals surface area (Å²) in [5.41, 5.74) is 1.91. The molecule has 0 atom stereocenters. The van der Waals surface area contributed by atoms with Gasteiger partial charge in [-0.1, -0.05) is 17.7 Å². The van der Waals surface area contributed by atoms with Crippen molar-refractivity contribution in [3.63, 3.8) is 0 Å². The highest BCUT2D eigenvalue weighted by molar-refractivity contribution is 6.32. The highest BCUT2D eigenvalue weighted by atomic mass is 35.5. The van der Waals surface area contributed by atoms with Crippen molar-refractivity contribution in [2.75, 3.05) is 13.7 Å². The summed E-state index contributed by atoms with van der Waals surface area (Å²) in [6.07, 6.45) is 1.76. The van der Waals surface area contributed by atoms with Gasteiger partial charge in [0.15, 0.2) is 0 Å². The molecule has 0 saturated carbocycles. The number of hydrogen-bond donors (Lipinski definition) is 0. The lowest BCUT2D eigenvalue weighted by Gasteiger charge is -2.28. The zero-order valence-electron chi connectivity index (χ0n) is 15.1. The maximum atomic E-state index is 13.5. The monoisotopic (exact) mass is 401 g/mol. The molecule has 1 aliphatic rings. The minimum atomic E-state index is -0.517. The van der Waals surface area contributed by atoms with Gasteiger partial charge in [0, 0.05) is 19.2 Å². The van der Waals surface area contributed by atoms with E-state index < -0.39 is 5.82 Å². The summed E-state index contributed by atoms with van der Waals surface area (Å²) in [5.74, 6) is -0.0879. The Morgan fingerprint density at radius 3 is 2.89 bits per heavy atom. The van der Waals surface area contributed by atoms with E-state index in [-0.39, 0.29) is 24.4 Å². The molecule has 2 aromatic heterocycles. The number of pyridine rings is 1. The number of fused-ring (bicyclic) bond motifs is 2. The lowest BCUT2D eigenvalue weighted by Crippen LogP contribution is -2.40. The van der Waals surface area contributed by atoms with Crippen LogP contribution in [0.1, 0.15) is 16.8 Å². The molecule has 1 amide bonds. The Labute approximate surface area is 165 Å². The Hall–Kier alpha value is -2.93. The van der Waals surface area contributed by atoms with E-state index in [2.05, 4.69) is 4.98 Å². The van der Waals surface area contributed by atoms with Gasteiger partial charge in [-0.2, -0.15) is 0 Å². The van der Waals surface area contributed by atoms with Crippen LogP contribution >= 0.6 is 11.6 Å². The fraction of sp³-hybridized carbons (Fsp3) is 0.250. The zero-order chi connectivity index (χ0) is 19.8. The number of nitrogens with zero attached hydrogens (tertiary/aromatic N) is 3. The molecule has 3 heterocycles. The van der Waals surface area contributed by atoms with Crippen LogP contribution in [-0.4, -0.2) is 33.8 Å². The molecular formula is C20H17ClFN3O3. The lowest BCUT2D eigenvalue weighted by molar-refractivity contribution is -0.131. The minimum absolute atomic E-state index is 0.115. The average Bonchev–Trinajstić information content (AvgIpc) is 2.68. The van der Waals surface area contributed by atoms with Gasteiger partial charge >= 0.3 is 0 Å². The number of ether oxygens (including phenoxy) is 1. The zero-order valence-corrected chi connectivity index (χ0v) is 15.9. The molecule has 28 heavy (non-hydrogen) atoms. The second-order valence-corrected chi connectivity index (χ2v) is 7.04. The third kappa shape index (κ3) is 3.33. The van der Waals surface area contributed by atoms with Gasteiger partial charge in [0.05, 0.1) is 36.4 Å². The standard InChI is InChI=1S/C20H17ClFN3O3/c1-28-17-4-2-12(8-15(17)21)9-19(26)24-7-6-16-14(11-24)20(27)25-10-13(22)3-5-18(25)23-16/h2-5,8,10H,6-7,9,11H2,1H3. The van der Waals surface area contributed by atoms with Crippen molar-refractivity contribution < 1.29 is 13.9 Å². The number of benzene rings is 1. The first kappa shape index (κ1) is 18.4. The van der Waals surface area contributed by atoms with Gasteiger partial charge in [0.25, 0.3) is 5.56 Å². The summed E-state index contributed by atoms with van der Waals surface area (Å²) in [6.45, 7) is 0.628. The van der Waals surface area contributed by atoms with Gasteiger partial charge in [-0.05, 0) is 29.8 Å². The molecule has 0 unspecified atom stereocenters. The molecule has 0 radical (unpaired) electrons. The number of aromatic nitrogens is 2. The van der Waals surface area contributed by atoms with E-state index in [1.54, 1.807) is 23.1 Å². The van der Waals surface area contributed by atoms with Crippen LogP contribution in [0.5, 0.6) is 5.75 Å². The molecular weight excluding hydrogens is 385 g/mol. The topological polar surface area (TPSA) is 63.9 Å². The van der Waals surface area contributed by atoms with E-state index in [0.717, 1.165) is 11.8 Å². The van der Waals surface area contributed by atoms with Gasteiger partial charge in [-0.3, -0.25) is 14.0 Å². The van der Waals surface area contributed by atoms with E-state index in [4.69, 9.17) is 16.3 Å². The van der Waals surface area contributed by atoms with Crippen LogP contribution in [0.25, 0.3) is 5.65 Å². The highest BCUT2D eigenvalue weighted by Crippen LogP contribution is 2.25. The van der Waals surface area contributed by atoms with Crippen LogP contribution in [0.2, 0.25) is 5.02 Å². The lowest BCUT2D eigenvalue weighted by atomic mass is 10.0. The Bertz CT molecular complexity index is 1150. The number of carbonyl (C=O) groups is 1. The van der Waals surface area contributed by atoms with Crippen molar-refractivity contribution in [3.8, 4) is 5.75 Å². The third-order valence-corrected chi connectivity index (χ3v) is 5.15. The molecule has 1 aromatic carbocycles. The second-order valence-electron chi connectivity index (χ2n) is 6.63. The minimum Gasteiger partial charge on any atom is -0.495 e. The van der Waals surface area contributed by atoms with Crippen LogP contribution in [0, 0.1) is 5.82 Å². The quantitative estimate of drug-likeness (QED) is 0.676. The van der Waals surface area contributed by atoms with Gasteiger partial charge in [-0.25, -0.2) is 9.37 Å². The molecule has 0 aliphatic carbocycles. The second kappa shape index (κ2) is 7.24. The summed E-state index contributed by atoms with van der Waals surface area (Å²) in [5, 5.41) is 0.438. The van der Waals surface area contributed by atoms with Crippen molar-refractivity contribution in [1.29, 1.82) is 0 Å². The number of halogens is 2. The van der Waals surface area contributed by atoms with Crippen LogP contribution < -0.4 is 10.3 Å². The number of methoxy groups -OCH3 is 1. The van der Waals surface area contributed by atoms with Gasteiger partial charge in [0.1, 0.15) is 17.2 Å². The third-order valence-electron chi connectivity index (χ3n) is 4.86. The summed E-state index contributed by atoms with van der Waals surface area (Å²) < 4.78 is 19.8. The molecule has 0 spiro atoms. The molecule has 0 bridgehead atoms. The van der Waals surface area contributed by atoms with E-state index in [1.807, 2.05) is 0 Å². The van der Waals surface area contributed by atoms with E-state index in [0.29, 0.717) is 40.6 Å². The maximum absolute atomic E-state index is 13.5. The Morgan fingerprint density at radius 2 is 2.14 bits per heavy atom. The van der Waals surface area contributed by atoms with Crippen molar-refractivity contribution in [3.05, 3.63) is 74.5 Å². The van der Waals surface area contributed by atoms with Crippen LogP contribution in [-0.2, 0) is 24.2 Å². The molecule has 0 saturated heterocycles. The number of amides is 1. The van der Waals surface area contributed by atoms with E-state index >= 15 is 0 Å². The predicted molar refractivity (Wildman–Crippen MR) is 102 cm³/mol. The summed E-state index contributed by atoms with van der Waals surface area (Å²) in [7, 11) is 1.53. The fourth-order valence-electron chi connectivity index (χ4n) is 3.39. The van der Waals surface area contributed by atoms with Crippen molar-refractivity contribution in [2.24, 2.45) is 0 Å². The van der Waals surface area contributed by atoms with Crippen LogP contribution in [0.3, 0.4) is 0 Å². The molecule has 0 N–H and O–H groups in total. The van der Waals surface area contributed by atoms with Crippen molar-refractivity contribution in [2.45, 2.75) is 19.4 Å². The van der Waals surface area contributed by atoms with Gasteiger partial charge in [-0.15, -0.1) is 0 Å². The molecule has 6 nitrogen and oxygen atoms in total. The maximum Gasteiger partial charge on any atom is 0.263 e. The highest BCUT2D eigenvalue weighted by Gasteiger charge is 2.25. The molecule has 144 valence electrons. The van der Waals surface area contributed by atoms with Crippen molar-refractivity contribution in [1.82, 2.24) is 14.3 Å². The first-order valence-electron chi connectivity index (χ1n) is 8.76. The SMILES string of the molecule is COc1ccc(CC(=O)N2CCc3nc4ccc(F)cn4c(=O)c3C2)cc1Cl. The predicted octanol–water partition coefficient (Wildman–Crippen LogP) is 2.62. The van der Waals surface area contributed by atoms with Gasteiger partial charge < -0.3 is 9.64 Å². The number of hydrogen-bond acceptors (Lipinski definition) is 4. The molecule has 8 heteroatoms. The first-order valence-corrected chi connectivity index (χ1v) is 9.14. The van der Waals surface area contributed by atoms with E-state index in [1.165, 1.54) is 23.6 Å². The average molecular weight is 402 g/mol. The molecule has 1 aliphatic heterocycles. The fourth-order valence-corrected chi connectivity index (χ4v) is 3.67. The summed E-state index contributed by atoms with van der Waals surface area (Å²) in [4.78, 5) is 31.6. The van der Waals surface area contributed by atoms with Gasteiger partial charge in [0.2, 0.25) is 5.91 Å². The molecule has 4 rings (SSSR count). The molecule has 0 fully saturated rings. The summed E-state index contributed by atoms with van der Waals surface area (Å²) >= 11 is 6.12. The van der Waals surface area contributed by atoms with E-state index in [9.17, 15) is 14.0 Å². The van der Waals surface area contributed by atoms with Crippen molar-refractivity contribution >= 4 is 23.2 Å². The Kier molecular flexibility index (Phi) is 4.77. The number of carbonyl (C=O) groups excluding carboxylic acids is 1. The smallest absolute Gasteiger partial charge is 0.263 e. The number of rotatable bonds is 3. The normalized spacial score (nSPS) is 13.5. The Morgan fingerprint density at radius 1 is 1.32 bits per heavy atom. The summed E-state index contributed by atoms with van der Waals surface area (Å²) in [6, 6.07) is 7.94. The van der Waals surface area contributed by atoms with Crippen LogP contribution in [0.15, 0.2) is 41.3 Å². The largest absolute Gasteiger partial charge is 0.495 e. The van der Waals surface area contributed by atoms with Crippen LogP contribution in [0.4, 0.5) is 4.39 Å².